The number of fused-ring (bicyclic) bond motifs is 3. The van der Waals surface area contributed by atoms with Crippen LogP contribution >= 0.6 is 0 Å². The lowest BCUT2D eigenvalue weighted by molar-refractivity contribution is 0.0468. The molecular formula is C23H28N4O2. The molecule has 3 heterocycles. The van der Waals surface area contributed by atoms with Crippen molar-refractivity contribution in [1.82, 2.24) is 9.38 Å². The van der Waals surface area contributed by atoms with Crippen molar-refractivity contribution < 1.29 is 9.53 Å². The summed E-state index contributed by atoms with van der Waals surface area (Å²) >= 11 is 0. The molecule has 152 valence electrons. The summed E-state index contributed by atoms with van der Waals surface area (Å²) in [7, 11) is 0. The second kappa shape index (κ2) is 7.52. The number of imidazole rings is 1. The zero-order chi connectivity index (χ0) is 20.7. The first-order valence-corrected chi connectivity index (χ1v) is 10.1. The number of carbonyl (C=O) groups excluding carboxylic acids is 1. The fourth-order valence-electron chi connectivity index (χ4n) is 4.18. The molecule has 0 aliphatic carbocycles. The van der Waals surface area contributed by atoms with E-state index in [-0.39, 0.29) is 6.10 Å². The molecule has 1 atom stereocenters. The zero-order valence-corrected chi connectivity index (χ0v) is 17.5. The van der Waals surface area contributed by atoms with Crippen LogP contribution in [0.4, 0.5) is 5.69 Å². The highest BCUT2D eigenvalue weighted by Gasteiger charge is 2.27. The lowest BCUT2D eigenvalue weighted by atomic mass is 9.97. The molecule has 0 saturated carbocycles. The maximum Gasteiger partial charge on any atom is 0.250 e. The van der Waals surface area contributed by atoms with Crippen LogP contribution in [-0.2, 0) is 24.2 Å². The van der Waals surface area contributed by atoms with Gasteiger partial charge in [-0.05, 0) is 49.4 Å². The molecule has 1 aliphatic heterocycles. The van der Waals surface area contributed by atoms with Gasteiger partial charge >= 0.3 is 0 Å². The normalized spacial score (nSPS) is 15.9. The zero-order valence-electron chi connectivity index (χ0n) is 17.5. The molecule has 6 heteroatoms. The van der Waals surface area contributed by atoms with E-state index in [4.69, 9.17) is 10.5 Å². The van der Waals surface area contributed by atoms with Gasteiger partial charge in [-0.3, -0.25) is 4.79 Å². The van der Waals surface area contributed by atoms with E-state index in [1.807, 2.05) is 24.4 Å². The number of nitrogens with two attached hydrogens (primary N) is 1. The summed E-state index contributed by atoms with van der Waals surface area (Å²) in [4.78, 5) is 16.9. The summed E-state index contributed by atoms with van der Waals surface area (Å²) in [6.07, 6.45) is 3.39. The Balaban J connectivity index is 1.64. The molecule has 29 heavy (non-hydrogen) atoms. The fourth-order valence-corrected chi connectivity index (χ4v) is 4.18. The standard InChI is InChI=1S/C23H28N4O2/c1-5-16-8-6-7-13(2)20(16)12-29-17-9-18-19(22(24)28)11-27-15(4)14(3)26-23(27)21(18)25-10-17/h6-8,11,17,25H,5,9-10,12H2,1-4H3,(H2,24,28). The summed E-state index contributed by atoms with van der Waals surface area (Å²) in [5.41, 5.74) is 14.6. The minimum Gasteiger partial charge on any atom is -0.379 e. The van der Waals surface area contributed by atoms with E-state index in [2.05, 4.69) is 42.3 Å². The molecule has 0 bridgehead atoms. The van der Waals surface area contributed by atoms with Gasteiger partial charge in [0.15, 0.2) is 5.65 Å². The molecule has 1 aliphatic rings. The molecule has 0 fully saturated rings. The first-order chi connectivity index (χ1) is 13.9. The van der Waals surface area contributed by atoms with E-state index >= 15 is 0 Å². The number of carbonyl (C=O) groups is 1. The molecule has 4 rings (SSSR count). The van der Waals surface area contributed by atoms with Crippen molar-refractivity contribution in [2.75, 3.05) is 11.9 Å². The number of amides is 1. The Hall–Kier alpha value is -2.86. The van der Waals surface area contributed by atoms with E-state index < -0.39 is 5.91 Å². The number of aryl methyl sites for hydroxylation is 4. The highest BCUT2D eigenvalue weighted by Crippen LogP contribution is 2.32. The summed E-state index contributed by atoms with van der Waals surface area (Å²) in [6.45, 7) is 9.48. The van der Waals surface area contributed by atoms with Gasteiger partial charge < -0.3 is 20.2 Å². The number of benzene rings is 1. The number of primary amides is 1. The molecule has 6 nitrogen and oxygen atoms in total. The minimum absolute atomic E-state index is 0.0375. The van der Waals surface area contributed by atoms with Crippen molar-refractivity contribution in [3.05, 3.63) is 63.6 Å². The molecule has 1 amide bonds. The lowest BCUT2D eigenvalue weighted by Crippen LogP contribution is -2.33. The van der Waals surface area contributed by atoms with Crippen LogP contribution in [0.1, 0.15) is 50.9 Å². The van der Waals surface area contributed by atoms with Gasteiger partial charge in [0.2, 0.25) is 0 Å². The number of aromatic nitrogens is 2. The molecule has 0 saturated heterocycles. The smallest absolute Gasteiger partial charge is 0.250 e. The minimum atomic E-state index is -0.427. The molecular weight excluding hydrogens is 364 g/mol. The number of rotatable bonds is 5. The summed E-state index contributed by atoms with van der Waals surface area (Å²) in [5.74, 6) is -0.427. The van der Waals surface area contributed by atoms with E-state index in [9.17, 15) is 4.79 Å². The van der Waals surface area contributed by atoms with Gasteiger partial charge in [0, 0.05) is 24.9 Å². The maximum absolute atomic E-state index is 12.2. The molecule has 1 unspecified atom stereocenters. The fraction of sp³-hybridized carbons (Fsp3) is 0.391. The quantitative estimate of drug-likeness (QED) is 0.697. The SMILES string of the molecule is CCc1cccc(C)c1COC1CNc2c(c(C(N)=O)cn3c(C)c(C)nc23)C1. The molecule has 0 radical (unpaired) electrons. The summed E-state index contributed by atoms with van der Waals surface area (Å²) < 4.78 is 8.23. The van der Waals surface area contributed by atoms with Crippen molar-refractivity contribution in [3.8, 4) is 0 Å². The predicted octanol–water partition coefficient (Wildman–Crippen LogP) is 3.47. The van der Waals surface area contributed by atoms with Crippen LogP contribution in [0.2, 0.25) is 0 Å². The van der Waals surface area contributed by atoms with Crippen LogP contribution in [0.3, 0.4) is 0 Å². The molecule has 3 aromatic rings. The van der Waals surface area contributed by atoms with Crippen LogP contribution in [0, 0.1) is 20.8 Å². The highest BCUT2D eigenvalue weighted by molar-refractivity contribution is 5.97. The number of hydrogen-bond donors (Lipinski definition) is 2. The number of ether oxygens (including phenoxy) is 1. The third-order valence-electron chi connectivity index (χ3n) is 6.05. The second-order valence-electron chi connectivity index (χ2n) is 7.82. The van der Waals surface area contributed by atoms with Crippen LogP contribution < -0.4 is 11.1 Å². The first kappa shape index (κ1) is 19.5. The number of anilines is 1. The van der Waals surface area contributed by atoms with Gasteiger partial charge in [-0.15, -0.1) is 0 Å². The Morgan fingerprint density at radius 1 is 1.34 bits per heavy atom. The van der Waals surface area contributed by atoms with Gasteiger partial charge in [-0.2, -0.15) is 0 Å². The Kier molecular flexibility index (Phi) is 5.04. The monoisotopic (exact) mass is 392 g/mol. The average Bonchev–Trinajstić information content (AvgIpc) is 3.00. The van der Waals surface area contributed by atoms with Crippen molar-refractivity contribution in [2.24, 2.45) is 5.73 Å². The van der Waals surface area contributed by atoms with E-state index in [0.717, 1.165) is 34.7 Å². The summed E-state index contributed by atoms with van der Waals surface area (Å²) in [6, 6.07) is 6.37. The van der Waals surface area contributed by atoms with Gasteiger partial charge in [0.25, 0.3) is 5.91 Å². The summed E-state index contributed by atoms with van der Waals surface area (Å²) in [5, 5.41) is 3.45. The van der Waals surface area contributed by atoms with Gasteiger partial charge in [0.1, 0.15) is 0 Å². The Morgan fingerprint density at radius 2 is 2.14 bits per heavy atom. The van der Waals surface area contributed by atoms with Crippen LogP contribution in [0.25, 0.3) is 5.65 Å². The predicted molar refractivity (Wildman–Crippen MR) is 115 cm³/mol. The topological polar surface area (TPSA) is 81.6 Å². The number of nitrogens with one attached hydrogen (secondary N) is 1. The van der Waals surface area contributed by atoms with Gasteiger partial charge in [0.05, 0.1) is 29.7 Å². The highest BCUT2D eigenvalue weighted by atomic mass is 16.5. The lowest BCUT2D eigenvalue weighted by Gasteiger charge is -2.28. The number of nitrogens with zero attached hydrogens (tertiary/aromatic N) is 2. The third-order valence-corrected chi connectivity index (χ3v) is 6.05. The average molecular weight is 393 g/mol. The van der Waals surface area contributed by atoms with Gasteiger partial charge in [-0.1, -0.05) is 25.1 Å². The van der Waals surface area contributed by atoms with Crippen LogP contribution in [-0.4, -0.2) is 27.9 Å². The van der Waals surface area contributed by atoms with Crippen molar-refractivity contribution in [3.63, 3.8) is 0 Å². The molecule has 3 N–H and O–H groups in total. The van der Waals surface area contributed by atoms with E-state index in [1.165, 1.54) is 16.7 Å². The van der Waals surface area contributed by atoms with Crippen LogP contribution in [0.15, 0.2) is 24.4 Å². The number of pyridine rings is 1. The first-order valence-electron chi connectivity index (χ1n) is 10.1. The van der Waals surface area contributed by atoms with Crippen molar-refractivity contribution in [1.29, 1.82) is 0 Å². The van der Waals surface area contributed by atoms with Gasteiger partial charge in [-0.25, -0.2) is 4.98 Å². The molecule has 0 spiro atoms. The second-order valence-corrected chi connectivity index (χ2v) is 7.82. The van der Waals surface area contributed by atoms with Crippen molar-refractivity contribution >= 4 is 17.2 Å². The Bertz CT molecular complexity index is 1100. The van der Waals surface area contributed by atoms with E-state index in [0.29, 0.717) is 25.1 Å². The maximum atomic E-state index is 12.2. The third kappa shape index (κ3) is 3.38. The molecule has 1 aromatic carbocycles. The molecule has 2 aromatic heterocycles. The Morgan fingerprint density at radius 3 is 2.86 bits per heavy atom. The van der Waals surface area contributed by atoms with Crippen LogP contribution in [0.5, 0.6) is 0 Å². The van der Waals surface area contributed by atoms with Crippen molar-refractivity contribution in [2.45, 2.75) is 53.2 Å². The Labute approximate surface area is 171 Å². The van der Waals surface area contributed by atoms with E-state index in [1.54, 1.807) is 0 Å². The largest absolute Gasteiger partial charge is 0.379 e. The number of hydrogen-bond acceptors (Lipinski definition) is 4.